The highest BCUT2D eigenvalue weighted by molar-refractivity contribution is 7.11. The van der Waals surface area contributed by atoms with Gasteiger partial charge in [0.15, 0.2) is 0 Å². The molecular weight excluding hydrogens is 320 g/mol. The Morgan fingerprint density at radius 2 is 2.33 bits per heavy atom. The van der Waals surface area contributed by atoms with Crippen LogP contribution in [0.25, 0.3) is 0 Å². The van der Waals surface area contributed by atoms with Crippen molar-refractivity contribution in [2.75, 3.05) is 13.2 Å². The van der Waals surface area contributed by atoms with Crippen LogP contribution in [0.4, 0.5) is 0 Å². The van der Waals surface area contributed by atoms with Gasteiger partial charge in [-0.1, -0.05) is 19.1 Å². The van der Waals surface area contributed by atoms with Crippen LogP contribution in [0.1, 0.15) is 46.9 Å². The van der Waals surface area contributed by atoms with Crippen molar-refractivity contribution in [3.63, 3.8) is 0 Å². The molecular formula is C19H26N2O2S. The molecule has 0 bridgehead atoms. The molecule has 0 saturated carbocycles. The first kappa shape index (κ1) is 17.4. The Labute approximate surface area is 147 Å². The van der Waals surface area contributed by atoms with E-state index in [9.17, 15) is 5.11 Å². The first-order chi connectivity index (χ1) is 11.7. The molecule has 2 N–H and O–H groups in total. The predicted molar refractivity (Wildman–Crippen MR) is 97.9 cm³/mol. The normalized spacial score (nSPS) is 18.2. The molecule has 0 fully saturated rings. The predicted octanol–water partition coefficient (Wildman–Crippen LogP) is 3.42. The maximum Gasteiger partial charge on any atom is 0.119 e. The molecule has 3 rings (SSSR count). The summed E-state index contributed by atoms with van der Waals surface area (Å²) in [5.74, 6) is 0.809. The highest BCUT2D eigenvalue weighted by atomic mass is 32.1. The number of hydrogen-bond acceptors (Lipinski definition) is 5. The zero-order chi connectivity index (χ0) is 16.9. The van der Waals surface area contributed by atoms with E-state index < -0.39 is 6.10 Å². The summed E-state index contributed by atoms with van der Waals surface area (Å²) in [6.07, 6.45) is 3.84. The Morgan fingerprint density at radius 3 is 3.12 bits per heavy atom. The molecule has 0 saturated heterocycles. The van der Waals surface area contributed by atoms with Crippen molar-refractivity contribution in [3.8, 4) is 5.75 Å². The van der Waals surface area contributed by atoms with Crippen LogP contribution < -0.4 is 10.1 Å². The topological polar surface area (TPSA) is 54.4 Å². The fourth-order valence-corrected chi connectivity index (χ4v) is 4.21. The van der Waals surface area contributed by atoms with Gasteiger partial charge in [0.05, 0.1) is 10.7 Å². The Morgan fingerprint density at radius 1 is 1.46 bits per heavy atom. The second-order valence-corrected chi connectivity index (χ2v) is 7.52. The smallest absolute Gasteiger partial charge is 0.119 e. The number of aliphatic hydroxyl groups is 1. The minimum Gasteiger partial charge on any atom is -0.491 e. The average molecular weight is 346 g/mol. The van der Waals surface area contributed by atoms with Crippen molar-refractivity contribution in [3.05, 3.63) is 45.4 Å². The number of aryl methyl sites for hydroxylation is 3. The van der Waals surface area contributed by atoms with Crippen LogP contribution in [0.15, 0.2) is 24.3 Å². The van der Waals surface area contributed by atoms with Gasteiger partial charge in [-0.25, -0.2) is 4.98 Å². The van der Waals surface area contributed by atoms with Gasteiger partial charge in [-0.15, -0.1) is 11.3 Å². The number of nitrogens with zero attached hydrogens (tertiary/aromatic N) is 1. The van der Waals surface area contributed by atoms with Crippen LogP contribution in [0.5, 0.6) is 5.75 Å². The lowest BCUT2D eigenvalue weighted by Crippen LogP contribution is -2.34. The van der Waals surface area contributed by atoms with Crippen molar-refractivity contribution in [1.29, 1.82) is 0 Å². The van der Waals surface area contributed by atoms with Crippen molar-refractivity contribution in [2.45, 2.75) is 51.7 Å². The molecule has 0 radical (unpaired) electrons. The molecule has 5 heteroatoms. The van der Waals surface area contributed by atoms with Crippen LogP contribution in [-0.2, 0) is 12.8 Å². The molecule has 0 aliphatic heterocycles. The molecule has 4 nitrogen and oxygen atoms in total. The van der Waals surface area contributed by atoms with E-state index in [2.05, 4.69) is 12.2 Å². The maximum atomic E-state index is 10.2. The van der Waals surface area contributed by atoms with Crippen molar-refractivity contribution in [2.24, 2.45) is 0 Å². The summed E-state index contributed by atoms with van der Waals surface area (Å²) in [7, 11) is 0. The molecule has 1 aromatic heterocycles. The summed E-state index contributed by atoms with van der Waals surface area (Å²) in [5, 5.41) is 14.9. The lowest BCUT2D eigenvalue weighted by molar-refractivity contribution is 0.103. The molecule has 0 amide bonds. The number of nitrogens with one attached hydrogen (secondary N) is 1. The van der Waals surface area contributed by atoms with E-state index in [-0.39, 0.29) is 0 Å². The summed E-state index contributed by atoms with van der Waals surface area (Å²) in [5.41, 5.74) is 2.41. The van der Waals surface area contributed by atoms with Gasteiger partial charge < -0.3 is 15.2 Å². The summed E-state index contributed by atoms with van der Waals surface area (Å²) in [4.78, 5) is 6.09. The van der Waals surface area contributed by atoms with Crippen LogP contribution in [0.3, 0.4) is 0 Å². The van der Waals surface area contributed by atoms with E-state index in [0.29, 0.717) is 19.2 Å². The third-order valence-corrected chi connectivity index (χ3v) is 5.68. The van der Waals surface area contributed by atoms with Crippen LogP contribution >= 0.6 is 11.3 Å². The molecule has 2 unspecified atom stereocenters. The molecule has 1 heterocycles. The van der Waals surface area contributed by atoms with Crippen molar-refractivity contribution >= 4 is 11.3 Å². The van der Waals surface area contributed by atoms with Gasteiger partial charge in [-0.2, -0.15) is 0 Å². The molecule has 2 aromatic rings. The summed E-state index contributed by atoms with van der Waals surface area (Å²) in [6.45, 7) is 5.03. The second-order valence-electron chi connectivity index (χ2n) is 6.41. The van der Waals surface area contributed by atoms with Gasteiger partial charge in [0.2, 0.25) is 0 Å². The largest absolute Gasteiger partial charge is 0.491 e. The van der Waals surface area contributed by atoms with E-state index in [4.69, 9.17) is 9.72 Å². The SMILES string of the molecule is CCc1nc2c(s1)C(NCC(O)COc1cccc(C)c1)CCC2. The minimum atomic E-state index is -0.519. The quantitative estimate of drug-likeness (QED) is 0.806. The standard InChI is InChI=1S/C19H26N2O2S/c1-3-18-21-17-9-5-8-16(19(17)24-18)20-11-14(22)12-23-15-7-4-6-13(2)10-15/h4,6-7,10,14,16,20,22H,3,5,8-9,11-12H2,1-2H3. The van der Waals surface area contributed by atoms with E-state index in [0.717, 1.165) is 37.0 Å². The summed E-state index contributed by atoms with van der Waals surface area (Å²) < 4.78 is 5.68. The third kappa shape index (κ3) is 4.35. The summed E-state index contributed by atoms with van der Waals surface area (Å²) >= 11 is 1.82. The molecule has 1 aliphatic carbocycles. The first-order valence-corrected chi connectivity index (χ1v) is 9.56. The number of aromatic nitrogens is 1. The molecule has 0 spiro atoms. The van der Waals surface area contributed by atoms with Gasteiger partial charge in [0.25, 0.3) is 0 Å². The average Bonchev–Trinajstić information content (AvgIpc) is 3.02. The van der Waals surface area contributed by atoms with Crippen molar-refractivity contribution in [1.82, 2.24) is 10.3 Å². The highest BCUT2D eigenvalue weighted by Crippen LogP contribution is 2.34. The van der Waals surface area contributed by atoms with Crippen LogP contribution in [0, 0.1) is 6.92 Å². The Kier molecular flexibility index (Phi) is 5.87. The number of ether oxygens (including phenoxy) is 1. The van der Waals surface area contributed by atoms with Gasteiger partial charge in [0, 0.05) is 17.5 Å². The monoisotopic (exact) mass is 346 g/mol. The number of thiazole rings is 1. The van der Waals surface area contributed by atoms with Gasteiger partial charge in [-0.05, 0) is 50.3 Å². The molecule has 24 heavy (non-hydrogen) atoms. The fraction of sp³-hybridized carbons (Fsp3) is 0.526. The number of benzene rings is 1. The molecule has 1 aliphatic rings. The Hall–Kier alpha value is -1.43. The summed E-state index contributed by atoms with van der Waals surface area (Å²) in [6, 6.07) is 8.22. The Balaban J connectivity index is 1.50. The van der Waals surface area contributed by atoms with Crippen molar-refractivity contribution < 1.29 is 9.84 Å². The molecule has 1 aromatic carbocycles. The van der Waals surface area contributed by atoms with Gasteiger partial charge in [0.1, 0.15) is 18.5 Å². The maximum absolute atomic E-state index is 10.2. The number of rotatable bonds is 7. The fourth-order valence-electron chi connectivity index (χ4n) is 3.05. The number of hydrogen-bond donors (Lipinski definition) is 2. The van der Waals surface area contributed by atoms with E-state index >= 15 is 0 Å². The lowest BCUT2D eigenvalue weighted by atomic mass is 9.98. The molecule has 2 atom stereocenters. The van der Waals surface area contributed by atoms with Crippen LogP contribution in [0.2, 0.25) is 0 Å². The zero-order valence-electron chi connectivity index (χ0n) is 14.4. The first-order valence-electron chi connectivity index (χ1n) is 8.75. The van der Waals surface area contributed by atoms with Crippen LogP contribution in [-0.4, -0.2) is 29.3 Å². The highest BCUT2D eigenvalue weighted by Gasteiger charge is 2.24. The van der Waals surface area contributed by atoms with E-state index in [1.807, 2.05) is 42.5 Å². The Bertz CT molecular complexity index is 671. The second kappa shape index (κ2) is 8.10. The van der Waals surface area contributed by atoms with E-state index in [1.165, 1.54) is 15.6 Å². The van der Waals surface area contributed by atoms with Gasteiger partial charge >= 0.3 is 0 Å². The van der Waals surface area contributed by atoms with Gasteiger partial charge in [-0.3, -0.25) is 0 Å². The molecule has 130 valence electrons. The zero-order valence-corrected chi connectivity index (χ0v) is 15.2. The third-order valence-electron chi connectivity index (χ3n) is 4.33. The number of fused-ring (bicyclic) bond motifs is 1. The minimum absolute atomic E-state index is 0.304. The number of aliphatic hydroxyl groups excluding tert-OH is 1. The lowest BCUT2D eigenvalue weighted by Gasteiger charge is -2.24. The van der Waals surface area contributed by atoms with E-state index in [1.54, 1.807) is 0 Å².